The predicted octanol–water partition coefficient (Wildman–Crippen LogP) is 5.59. The van der Waals surface area contributed by atoms with Crippen LogP contribution in [-0.4, -0.2) is 5.43 Å². The van der Waals surface area contributed by atoms with Gasteiger partial charge in [0.2, 0.25) is 0 Å². The minimum absolute atomic E-state index is 0. The van der Waals surface area contributed by atoms with Gasteiger partial charge in [-0.15, -0.1) is 68.1 Å². The van der Waals surface area contributed by atoms with E-state index in [-0.39, 0.29) is 30.2 Å². The SMILES string of the molecule is C[Si](C)=[Zr+2].Cc1cc2c(C3(C)CCCCC3)ccc(C)c2[cH-]1.Cc1cc2c(C3(C)CCCCC3)ccc(C)c2[cH-]1.[Cl-].[Cl-]. The average Bonchev–Trinajstić information content (AvgIpc) is 3.48. The number of benzene rings is 2. The minimum Gasteiger partial charge on any atom is -1.00 e. The van der Waals surface area contributed by atoms with Crippen molar-refractivity contribution in [1.29, 1.82) is 0 Å². The molecule has 0 amide bonds. The van der Waals surface area contributed by atoms with Crippen LogP contribution < -0.4 is 24.8 Å². The number of hydrogen-bond donors (Lipinski definition) is 0. The van der Waals surface area contributed by atoms with Gasteiger partial charge < -0.3 is 24.8 Å². The van der Waals surface area contributed by atoms with Gasteiger partial charge in [0.1, 0.15) is 0 Å². The molecule has 4 heteroatoms. The van der Waals surface area contributed by atoms with Gasteiger partial charge in [0.25, 0.3) is 0 Å². The number of fused-ring (bicyclic) bond motifs is 2. The third-order valence-electron chi connectivity index (χ3n) is 9.71. The molecule has 6 rings (SSSR count). The van der Waals surface area contributed by atoms with E-state index in [4.69, 9.17) is 0 Å². The van der Waals surface area contributed by atoms with Crippen LogP contribution in [0.5, 0.6) is 0 Å². The molecule has 0 atom stereocenters. The first kappa shape index (κ1) is 37.5. The third kappa shape index (κ3) is 8.74. The molecule has 0 unspecified atom stereocenters. The third-order valence-corrected chi connectivity index (χ3v) is 9.71. The van der Waals surface area contributed by atoms with Crippen molar-refractivity contribution in [3.8, 4) is 0 Å². The minimum atomic E-state index is 0. The van der Waals surface area contributed by atoms with Gasteiger partial charge in [0.15, 0.2) is 0 Å². The number of rotatable bonds is 2. The molecule has 0 heterocycles. The van der Waals surface area contributed by atoms with Gasteiger partial charge in [-0.05, 0) is 36.5 Å². The van der Waals surface area contributed by atoms with Crippen molar-refractivity contribution >= 4 is 27.0 Å². The maximum atomic E-state index is 2.47. The van der Waals surface area contributed by atoms with E-state index in [1.807, 2.05) is 0 Å². The molecule has 0 saturated heterocycles. The molecular formula is C38H52Cl2SiZr-2. The van der Waals surface area contributed by atoms with Crippen LogP contribution in [0.2, 0.25) is 13.1 Å². The molecular weight excluding hydrogens is 647 g/mol. The molecule has 0 aliphatic heterocycles. The van der Waals surface area contributed by atoms with Crippen LogP contribution in [-0.2, 0) is 34.2 Å². The first-order valence-corrected chi connectivity index (χ1v) is 22.0. The molecule has 0 radical (unpaired) electrons. The summed E-state index contributed by atoms with van der Waals surface area (Å²) in [6, 6.07) is 18.9. The maximum Gasteiger partial charge on any atom is -0.0164 e. The fraction of sp³-hybridized carbons (Fsp3) is 0.526. The second-order valence-electron chi connectivity index (χ2n) is 13.8. The second-order valence-corrected chi connectivity index (χ2v) is 23.2. The molecule has 0 spiro atoms. The van der Waals surface area contributed by atoms with Crippen molar-refractivity contribution in [3.05, 3.63) is 81.9 Å². The quantitative estimate of drug-likeness (QED) is 0.189. The molecule has 2 aliphatic carbocycles. The normalized spacial score (nSPS) is 17.2. The van der Waals surface area contributed by atoms with Crippen molar-refractivity contribution in [2.24, 2.45) is 0 Å². The summed E-state index contributed by atoms with van der Waals surface area (Å²) in [6.45, 7) is 18.4. The summed E-state index contributed by atoms with van der Waals surface area (Å²) in [4.78, 5) is 0. The first-order valence-electron chi connectivity index (χ1n) is 15.8. The summed E-state index contributed by atoms with van der Waals surface area (Å²) in [5.41, 5.74) is 9.85. The molecule has 4 aromatic carbocycles. The topological polar surface area (TPSA) is 0 Å². The molecule has 0 aromatic heterocycles. The standard InChI is InChI=1S/2C18H23.C2H6Si.2ClH.Zr/c2*1-13-11-15-14(2)7-8-17(16(15)12-13)18(3)9-5-4-6-10-18;1-3-2;;;/h2*7-8,11-12H,4-6,9-10H2,1-3H3;1-2H3;2*1H;/q2*-1;;;;+2/p-2. The monoisotopic (exact) mass is 696 g/mol. The molecule has 4 aromatic rings. The van der Waals surface area contributed by atoms with E-state index in [0.717, 1.165) is 0 Å². The van der Waals surface area contributed by atoms with Crippen LogP contribution in [0.3, 0.4) is 0 Å². The molecule has 228 valence electrons. The molecule has 0 bridgehead atoms. The molecule has 2 aliphatic rings. The van der Waals surface area contributed by atoms with E-state index >= 15 is 0 Å². The molecule has 2 fully saturated rings. The Bertz CT molecular complexity index is 1350. The van der Waals surface area contributed by atoms with Gasteiger partial charge in [0.05, 0.1) is 0 Å². The summed E-state index contributed by atoms with van der Waals surface area (Å²) >= 11 is 1.74. The van der Waals surface area contributed by atoms with Crippen LogP contribution in [0.25, 0.3) is 21.5 Å². The summed E-state index contributed by atoms with van der Waals surface area (Å²) in [7, 11) is 0. The van der Waals surface area contributed by atoms with Gasteiger partial charge in [0, 0.05) is 0 Å². The van der Waals surface area contributed by atoms with Crippen LogP contribution in [0.15, 0.2) is 48.5 Å². The summed E-state index contributed by atoms with van der Waals surface area (Å²) in [5.74, 6) is 0. The largest absolute Gasteiger partial charge is 1.00 e. The van der Waals surface area contributed by atoms with E-state index in [0.29, 0.717) is 10.8 Å². The first-order chi connectivity index (χ1) is 18.9. The van der Waals surface area contributed by atoms with Crippen molar-refractivity contribution in [2.45, 2.75) is 130 Å². The number of hydrogen-bond acceptors (Lipinski definition) is 0. The predicted molar refractivity (Wildman–Crippen MR) is 176 cm³/mol. The number of aryl methyl sites for hydroxylation is 4. The average molecular weight is 699 g/mol. The Morgan fingerprint density at radius 1 is 0.595 bits per heavy atom. The zero-order valence-corrected chi connectivity index (χ0v) is 32.4. The Kier molecular flexibility index (Phi) is 14.4. The van der Waals surface area contributed by atoms with Gasteiger partial charge in [-0.1, -0.05) is 103 Å². The van der Waals surface area contributed by atoms with Crippen molar-refractivity contribution < 1.29 is 48.1 Å². The van der Waals surface area contributed by atoms with Crippen molar-refractivity contribution in [2.75, 3.05) is 0 Å². The molecule has 0 N–H and O–H groups in total. The van der Waals surface area contributed by atoms with Crippen LogP contribution >= 0.6 is 0 Å². The summed E-state index contributed by atoms with van der Waals surface area (Å²) in [5, 5.41) is 5.96. The van der Waals surface area contributed by atoms with Gasteiger partial charge in [-0.3, -0.25) is 0 Å². The Labute approximate surface area is 284 Å². The summed E-state index contributed by atoms with van der Waals surface area (Å²) < 4.78 is 0. The van der Waals surface area contributed by atoms with Gasteiger partial charge >= 0.3 is 41.9 Å². The second kappa shape index (κ2) is 16.1. The van der Waals surface area contributed by atoms with Gasteiger partial charge in [-0.2, -0.15) is 12.1 Å². The van der Waals surface area contributed by atoms with Gasteiger partial charge in [-0.25, -0.2) is 0 Å². The van der Waals surface area contributed by atoms with Crippen LogP contribution in [0.1, 0.15) is 111 Å². The molecule has 42 heavy (non-hydrogen) atoms. The van der Waals surface area contributed by atoms with Crippen LogP contribution in [0.4, 0.5) is 0 Å². The molecule has 2 saturated carbocycles. The number of halogens is 2. The van der Waals surface area contributed by atoms with E-state index in [1.54, 1.807) is 34.5 Å². The fourth-order valence-corrected chi connectivity index (χ4v) is 7.43. The Hall–Kier alpha value is -0.660. The maximum absolute atomic E-state index is 2.47. The zero-order valence-electron chi connectivity index (χ0n) is 27.4. The summed E-state index contributed by atoms with van der Waals surface area (Å²) in [6.07, 6.45) is 13.8. The van der Waals surface area contributed by atoms with E-state index in [2.05, 4.69) is 103 Å². The van der Waals surface area contributed by atoms with E-state index in [1.165, 1.54) is 108 Å². The fourth-order valence-electron chi connectivity index (χ4n) is 7.43. The van der Waals surface area contributed by atoms with Crippen molar-refractivity contribution in [1.82, 2.24) is 0 Å². The van der Waals surface area contributed by atoms with Crippen LogP contribution in [0, 0.1) is 27.7 Å². The Balaban J connectivity index is 0.000000250. The van der Waals surface area contributed by atoms with E-state index < -0.39 is 0 Å². The Morgan fingerprint density at radius 2 is 0.905 bits per heavy atom. The van der Waals surface area contributed by atoms with Crippen molar-refractivity contribution in [3.63, 3.8) is 0 Å². The zero-order chi connectivity index (χ0) is 29.1. The molecule has 0 nitrogen and oxygen atoms in total. The van der Waals surface area contributed by atoms with E-state index in [9.17, 15) is 0 Å². The Morgan fingerprint density at radius 3 is 1.21 bits per heavy atom. The smallest absolute Gasteiger partial charge is 0.0164 e.